The number of hydrogen-bond acceptors (Lipinski definition) is 6. The van der Waals surface area contributed by atoms with Crippen molar-refractivity contribution >= 4 is 34.0 Å². The third-order valence-corrected chi connectivity index (χ3v) is 6.36. The van der Waals surface area contributed by atoms with E-state index in [1.807, 2.05) is 23.6 Å². The number of thiazole rings is 1. The van der Waals surface area contributed by atoms with E-state index in [9.17, 15) is 9.59 Å². The lowest BCUT2D eigenvalue weighted by Gasteiger charge is -2.17. The second kappa shape index (κ2) is 9.10. The van der Waals surface area contributed by atoms with Gasteiger partial charge in [-0.25, -0.2) is 4.98 Å². The molecule has 1 atom stereocenters. The quantitative estimate of drug-likeness (QED) is 0.578. The molecular formula is C24H23N3O4S. The second-order valence-corrected chi connectivity index (χ2v) is 8.74. The molecule has 0 aliphatic carbocycles. The summed E-state index contributed by atoms with van der Waals surface area (Å²) in [6.45, 7) is 1.33. The third-order valence-electron chi connectivity index (χ3n) is 5.60. The Balaban J connectivity index is 1.20. The maximum Gasteiger partial charge on any atom is 0.257 e. The molecule has 1 aromatic heterocycles. The predicted molar refractivity (Wildman–Crippen MR) is 123 cm³/mol. The lowest BCUT2D eigenvalue weighted by atomic mass is 9.99. The van der Waals surface area contributed by atoms with Crippen LogP contribution in [0, 0.1) is 0 Å². The van der Waals surface area contributed by atoms with Crippen molar-refractivity contribution in [1.82, 2.24) is 4.98 Å². The van der Waals surface area contributed by atoms with E-state index in [-0.39, 0.29) is 17.9 Å². The molecule has 7 nitrogen and oxygen atoms in total. The zero-order chi connectivity index (χ0) is 21.9. The van der Waals surface area contributed by atoms with Crippen LogP contribution in [0.15, 0.2) is 47.8 Å². The van der Waals surface area contributed by atoms with Gasteiger partial charge in [0.1, 0.15) is 12.4 Å². The number of benzene rings is 2. The lowest BCUT2D eigenvalue weighted by Crippen LogP contribution is -2.18. The van der Waals surface area contributed by atoms with Gasteiger partial charge >= 0.3 is 0 Å². The number of nitrogens with zero attached hydrogens (tertiary/aromatic N) is 1. The molecule has 1 saturated heterocycles. The molecule has 0 bridgehead atoms. The largest absolute Gasteiger partial charge is 0.491 e. The van der Waals surface area contributed by atoms with Crippen molar-refractivity contribution in [2.75, 3.05) is 23.8 Å². The summed E-state index contributed by atoms with van der Waals surface area (Å²) >= 11 is 1.38. The number of anilines is 2. The molecule has 32 heavy (non-hydrogen) atoms. The molecule has 1 unspecified atom stereocenters. The summed E-state index contributed by atoms with van der Waals surface area (Å²) < 4.78 is 11.3. The highest BCUT2D eigenvalue weighted by Gasteiger charge is 2.17. The van der Waals surface area contributed by atoms with Crippen molar-refractivity contribution in [3.05, 3.63) is 59.0 Å². The van der Waals surface area contributed by atoms with Gasteiger partial charge in [0.05, 0.1) is 11.8 Å². The molecule has 2 aliphatic heterocycles. The summed E-state index contributed by atoms with van der Waals surface area (Å²) in [6.07, 6.45) is 3.48. The number of aromatic nitrogens is 1. The number of rotatable bonds is 6. The van der Waals surface area contributed by atoms with Crippen molar-refractivity contribution in [2.24, 2.45) is 0 Å². The van der Waals surface area contributed by atoms with Gasteiger partial charge in [-0.2, -0.15) is 0 Å². The minimum absolute atomic E-state index is 0.0475. The normalized spacial score (nSPS) is 17.5. The third kappa shape index (κ3) is 4.66. The van der Waals surface area contributed by atoms with Crippen LogP contribution in [0.5, 0.6) is 5.75 Å². The Morgan fingerprint density at radius 1 is 1.22 bits per heavy atom. The first kappa shape index (κ1) is 20.7. The molecule has 8 heteroatoms. The molecule has 0 saturated carbocycles. The molecule has 0 spiro atoms. The Hall–Kier alpha value is -3.23. The van der Waals surface area contributed by atoms with Crippen LogP contribution in [0.3, 0.4) is 0 Å². The van der Waals surface area contributed by atoms with Crippen molar-refractivity contribution < 1.29 is 19.1 Å². The van der Waals surface area contributed by atoms with Crippen LogP contribution < -0.4 is 15.4 Å². The fourth-order valence-corrected chi connectivity index (χ4v) is 4.56. The second-order valence-electron chi connectivity index (χ2n) is 7.88. The molecule has 2 aromatic carbocycles. The Morgan fingerprint density at radius 2 is 2.09 bits per heavy atom. The van der Waals surface area contributed by atoms with E-state index in [1.165, 1.54) is 11.3 Å². The molecule has 3 aromatic rings. The van der Waals surface area contributed by atoms with Gasteiger partial charge in [-0.05, 0) is 61.2 Å². The van der Waals surface area contributed by atoms with E-state index in [0.29, 0.717) is 23.7 Å². The van der Waals surface area contributed by atoms with Gasteiger partial charge in [-0.1, -0.05) is 6.07 Å². The molecular weight excluding hydrogens is 426 g/mol. The molecule has 5 rings (SSSR count). The summed E-state index contributed by atoms with van der Waals surface area (Å²) in [6, 6.07) is 13.0. The summed E-state index contributed by atoms with van der Waals surface area (Å²) in [5.41, 5.74) is 4.25. The highest BCUT2D eigenvalue weighted by atomic mass is 32.1. The Labute approximate surface area is 189 Å². The number of ether oxygens (including phenoxy) is 2. The Kier molecular flexibility index (Phi) is 5.87. The van der Waals surface area contributed by atoms with E-state index >= 15 is 0 Å². The van der Waals surface area contributed by atoms with Crippen LogP contribution in [0.2, 0.25) is 0 Å². The van der Waals surface area contributed by atoms with Gasteiger partial charge in [-0.3, -0.25) is 14.9 Å². The molecule has 2 amide bonds. The zero-order valence-electron chi connectivity index (χ0n) is 17.4. The minimum Gasteiger partial charge on any atom is -0.491 e. The monoisotopic (exact) mass is 449 g/mol. The molecule has 2 N–H and O–H groups in total. The van der Waals surface area contributed by atoms with Gasteiger partial charge in [0.25, 0.3) is 5.91 Å². The van der Waals surface area contributed by atoms with Crippen molar-refractivity contribution in [3.63, 3.8) is 0 Å². The highest BCUT2D eigenvalue weighted by Crippen LogP contribution is 2.30. The average Bonchev–Trinajstić information content (AvgIpc) is 3.50. The Bertz CT molecular complexity index is 1140. The molecule has 164 valence electrons. The first-order chi connectivity index (χ1) is 15.6. The van der Waals surface area contributed by atoms with Crippen LogP contribution in [0.4, 0.5) is 10.8 Å². The van der Waals surface area contributed by atoms with Gasteiger partial charge in [0, 0.05) is 35.2 Å². The minimum atomic E-state index is -0.218. The summed E-state index contributed by atoms with van der Waals surface area (Å²) in [4.78, 5) is 28.7. The van der Waals surface area contributed by atoms with E-state index in [0.717, 1.165) is 54.1 Å². The van der Waals surface area contributed by atoms with Gasteiger partial charge in [0.2, 0.25) is 5.91 Å². The number of carbonyl (C=O) groups excluding carboxylic acids is 2. The molecule has 2 aliphatic rings. The number of nitrogens with one attached hydrogen (secondary N) is 2. The maximum atomic E-state index is 12.6. The Morgan fingerprint density at radius 3 is 2.91 bits per heavy atom. The smallest absolute Gasteiger partial charge is 0.257 e. The number of carbonyl (C=O) groups is 2. The van der Waals surface area contributed by atoms with Crippen molar-refractivity contribution in [3.8, 4) is 17.0 Å². The fraction of sp³-hybridized carbons (Fsp3) is 0.292. The predicted octanol–water partition coefficient (Wildman–Crippen LogP) is 4.50. The van der Waals surface area contributed by atoms with Gasteiger partial charge in [-0.15, -0.1) is 11.3 Å². The van der Waals surface area contributed by atoms with E-state index in [4.69, 9.17) is 9.47 Å². The average molecular weight is 450 g/mol. The zero-order valence-corrected chi connectivity index (χ0v) is 18.2. The molecule has 1 fully saturated rings. The van der Waals surface area contributed by atoms with Crippen LogP contribution in [-0.4, -0.2) is 36.1 Å². The fourth-order valence-electron chi connectivity index (χ4n) is 3.84. The summed E-state index contributed by atoms with van der Waals surface area (Å²) in [5.74, 6) is 0.549. The van der Waals surface area contributed by atoms with E-state index in [1.54, 1.807) is 24.3 Å². The SMILES string of the molecule is O=C1CCc2cc(-c3csc(NC(=O)c4ccc(OCC5CCCO5)cc4)n3)ccc2N1. The van der Waals surface area contributed by atoms with Crippen LogP contribution in [-0.2, 0) is 16.0 Å². The number of hydrogen-bond donors (Lipinski definition) is 2. The number of amides is 2. The lowest BCUT2D eigenvalue weighted by molar-refractivity contribution is -0.116. The van der Waals surface area contributed by atoms with Crippen molar-refractivity contribution in [2.45, 2.75) is 31.8 Å². The number of fused-ring (bicyclic) bond motifs is 1. The first-order valence-corrected chi connectivity index (χ1v) is 11.6. The highest BCUT2D eigenvalue weighted by molar-refractivity contribution is 7.14. The van der Waals surface area contributed by atoms with Crippen LogP contribution in [0.1, 0.15) is 35.2 Å². The van der Waals surface area contributed by atoms with E-state index < -0.39 is 0 Å². The summed E-state index contributed by atoms with van der Waals surface area (Å²) in [7, 11) is 0. The number of aryl methyl sites for hydroxylation is 1. The van der Waals surface area contributed by atoms with Crippen LogP contribution >= 0.6 is 11.3 Å². The molecule has 3 heterocycles. The molecule has 0 radical (unpaired) electrons. The van der Waals surface area contributed by atoms with Crippen molar-refractivity contribution in [1.29, 1.82) is 0 Å². The van der Waals surface area contributed by atoms with Gasteiger partial charge < -0.3 is 14.8 Å². The summed E-state index contributed by atoms with van der Waals surface area (Å²) in [5, 5.41) is 8.20. The first-order valence-electron chi connectivity index (χ1n) is 10.7. The van der Waals surface area contributed by atoms with Gasteiger partial charge in [0.15, 0.2) is 5.13 Å². The topological polar surface area (TPSA) is 89.6 Å². The van der Waals surface area contributed by atoms with E-state index in [2.05, 4.69) is 15.6 Å². The maximum absolute atomic E-state index is 12.6. The standard InChI is InChI=1S/C24H23N3O4S/c28-22-10-6-16-12-17(5-9-20(16)25-22)21-14-32-24(26-21)27-23(29)15-3-7-18(8-4-15)31-13-19-2-1-11-30-19/h3-5,7-9,12,14,19H,1-2,6,10-11,13H2,(H,25,28)(H,26,27,29). The van der Waals surface area contributed by atoms with Crippen LogP contribution in [0.25, 0.3) is 11.3 Å².